The Bertz CT molecular complexity index is 970. The van der Waals surface area contributed by atoms with Gasteiger partial charge in [-0.25, -0.2) is 9.78 Å². The van der Waals surface area contributed by atoms with Crippen LogP contribution in [0.3, 0.4) is 0 Å². The number of hydrogen-bond acceptors (Lipinski definition) is 6. The van der Waals surface area contributed by atoms with E-state index in [1.807, 2.05) is 42.0 Å². The lowest BCUT2D eigenvalue weighted by Crippen LogP contribution is -2.34. The second kappa shape index (κ2) is 8.69. The highest BCUT2D eigenvalue weighted by Gasteiger charge is 2.44. The van der Waals surface area contributed by atoms with Crippen molar-refractivity contribution >= 4 is 5.97 Å². The van der Waals surface area contributed by atoms with Gasteiger partial charge in [0, 0.05) is 18.0 Å². The van der Waals surface area contributed by atoms with Crippen LogP contribution in [0.5, 0.6) is 5.75 Å². The summed E-state index contributed by atoms with van der Waals surface area (Å²) < 4.78 is 25.1. The number of aromatic nitrogens is 2. The van der Waals surface area contributed by atoms with E-state index in [4.69, 9.17) is 18.9 Å². The van der Waals surface area contributed by atoms with Crippen molar-refractivity contribution in [2.24, 2.45) is 0 Å². The minimum Gasteiger partial charge on any atom is -0.491 e. The molecule has 0 radical (unpaired) electrons. The fourth-order valence-electron chi connectivity index (χ4n) is 3.39. The third kappa shape index (κ3) is 4.37. The summed E-state index contributed by atoms with van der Waals surface area (Å²) in [5.41, 5.74) is 2.60. The fraction of sp³-hybridized carbons (Fsp3) is 0.304. The maximum atomic E-state index is 11.5. The number of esters is 1. The summed E-state index contributed by atoms with van der Waals surface area (Å²) >= 11 is 0. The zero-order chi connectivity index (χ0) is 21.0. The van der Waals surface area contributed by atoms with Gasteiger partial charge in [-0.05, 0) is 31.2 Å². The maximum absolute atomic E-state index is 11.5. The molecule has 0 amide bonds. The molecule has 1 aliphatic rings. The molecule has 3 aromatic rings. The summed E-state index contributed by atoms with van der Waals surface area (Å²) in [6, 6.07) is 15.0. The van der Waals surface area contributed by atoms with Gasteiger partial charge in [0.15, 0.2) is 0 Å². The lowest BCUT2D eigenvalue weighted by atomic mass is 10.0. The van der Waals surface area contributed by atoms with Gasteiger partial charge in [-0.2, -0.15) is 0 Å². The van der Waals surface area contributed by atoms with E-state index in [1.54, 1.807) is 36.8 Å². The number of aryl methyl sites for hydroxylation is 1. The van der Waals surface area contributed by atoms with Gasteiger partial charge in [-0.3, -0.25) is 0 Å². The second-order valence-corrected chi connectivity index (χ2v) is 7.23. The Morgan fingerprint density at radius 1 is 1.20 bits per heavy atom. The number of methoxy groups -OCH3 is 1. The van der Waals surface area contributed by atoms with Crippen LogP contribution in [0.15, 0.2) is 67.3 Å². The minimum absolute atomic E-state index is 0.241. The third-order valence-electron chi connectivity index (χ3n) is 5.01. The molecule has 0 bridgehead atoms. The molecule has 0 saturated carbocycles. The Morgan fingerprint density at radius 2 is 1.97 bits per heavy atom. The topological polar surface area (TPSA) is 71.8 Å². The number of benzene rings is 2. The Balaban J connectivity index is 1.45. The van der Waals surface area contributed by atoms with E-state index in [0.717, 1.165) is 5.56 Å². The predicted molar refractivity (Wildman–Crippen MR) is 109 cm³/mol. The van der Waals surface area contributed by atoms with Crippen LogP contribution in [0, 0.1) is 6.92 Å². The molecular formula is C23H24N2O5. The lowest BCUT2D eigenvalue weighted by Gasteiger charge is -2.29. The average Bonchev–Trinajstić information content (AvgIpc) is 3.43. The number of carbonyl (C=O) groups is 1. The summed E-state index contributed by atoms with van der Waals surface area (Å²) in [4.78, 5) is 15.7. The van der Waals surface area contributed by atoms with E-state index in [-0.39, 0.29) is 12.1 Å². The molecule has 7 heteroatoms. The van der Waals surface area contributed by atoms with Gasteiger partial charge in [0.05, 0.1) is 32.2 Å². The van der Waals surface area contributed by atoms with E-state index in [9.17, 15) is 4.79 Å². The molecule has 1 aliphatic heterocycles. The normalized spacial score (nSPS) is 20.8. The molecule has 7 nitrogen and oxygen atoms in total. The largest absolute Gasteiger partial charge is 0.491 e. The summed E-state index contributed by atoms with van der Waals surface area (Å²) in [5.74, 6) is -0.637. The number of nitrogens with zero attached hydrogens (tertiary/aromatic N) is 2. The standard InChI is InChI=1S/C23H24N2O5/c1-17-3-7-19(8-4-17)23(15-25-12-11-24-16-25)29-14-21(30-23)13-28-20-9-5-18(6-10-20)22(26)27-2/h3-12,16,21H,13-15H2,1-2H3/t21-,23+/m1/s1. The maximum Gasteiger partial charge on any atom is 0.337 e. The Kier molecular flexibility index (Phi) is 5.83. The molecule has 0 aliphatic carbocycles. The number of imidazole rings is 1. The van der Waals surface area contributed by atoms with E-state index >= 15 is 0 Å². The molecule has 156 valence electrons. The molecule has 1 aromatic heterocycles. The first-order valence-electron chi connectivity index (χ1n) is 9.74. The highest BCUT2D eigenvalue weighted by atomic mass is 16.8. The fourth-order valence-corrected chi connectivity index (χ4v) is 3.39. The van der Waals surface area contributed by atoms with Crippen LogP contribution in [0.4, 0.5) is 0 Å². The van der Waals surface area contributed by atoms with E-state index in [1.165, 1.54) is 12.7 Å². The van der Waals surface area contributed by atoms with Crippen LogP contribution in [-0.2, 0) is 26.5 Å². The van der Waals surface area contributed by atoms with Crippen LogP contribution in [0.25, 0.3) is 0 Å². The van der Waals surface area contributed by atoms with Gasteiger partial charge in [-0.1, -0.05) is 29.8 Å². The summed E-state index contributed by atoms with van der Waals surface area (Å²) in [6.07, 6.45) is 5.12. The number of rotatable bonds is 7. The van der Waals surface area contributed by atoms with Crippen molar-refractivity contribution < 1.29 is 23.7 Å². The monoisotopic (exact) mass is 408 g/mol. The second-order valence-electron chi connectivity index (χ2n) is 7.23. The van der Waals surface area contributed by atoms with Gasteiger partial charge in [0.2, 0.25) is 5.79 Å². The number of ether oxygens (including phenoxy) is 4. The molecule has 1 fully saturated rings. The molecule has 30 heavy (non-hydrogen) atoms. The van der Waals surface area contributed by atoms with Gasteiger partial charge < -0.3 is 23.5 Å². The Hall–Kier alpha value is -3.16. The first kappa shape index (κ1) is 20.1. The van der Waals surface area contributed by atoms with Crippen molar-refractivity contribution in [1.82, 2.24) is 9.55 Å². The summed E-state index contributed by atoms with van der Waals surface area (Å²) in [7, 11) is 1.36. The molecule has 4 rings (SSSR count). The van der Waals surface area contributed by atoms with Crippen LogP contribution >= 0.6 is 0 Å². The van der Waals surface area contributed by atoms with E-state index in [2.05, 4.69) is 4.98 Å². The van der Waals surface area contributed by atoms with Crippen molar-refractivity contribution in [3.8, 4) is 5.75 Å². The molecule has 2 aromatic carbocycles. The molecule has 2 heterocycles. The van der Waals surface area contributed by atoms with Crippen molar-refractivity contribution in [3.63, 3.8) is 0 Å². The quantitative estimate of drug-likeness (QED) is 0.559. The Morgan fingerprint density at radius 3 is 2.63 bits per heavy atom. The van der Waals surface area contributed by atoms with Crippen LogP contribution < -0.4 is 4.74 Å². The number of carbonyl (C=O) groups excluding carboxylic acids is 1. The van der Waals surface area contributed by atoms with Crippen molar-refractivity contribution in [1.29, 1.82) is 0 Å². The minimum atomic E-state index is -0.906. The SMILES string of the molecule is COC(=O)c1ccc(OC[C@@H]2CO[C@](Cn3ccnc3)(c3ccc(C)cc3)O2)cc1. The summed E-state index contributed by atoms with van der Waals surface area (Å²) in [6.45, 7) is 3.27. The average molecular weight is 408 g/mol. The first-order chi connectivity index (χ1) is 14.6. The van der Waals surface area contributed by atoms with Crippen molar-refractivity contribution in [3.05, 3.63) is 83.9 Å². The lowest BCUT2D eigenvalue weighted by molar-refractivity contribution is -0.189. The molecule has 2 atom stereocenters. The van der Waals surface area contributed by atoms with Crippen LogP contribution in [0.1, 0.15) is 21.5 Å². The van der Waals surface area contributed by atoms with Gasteiger partial charge >= 0.3 is 5.97 Å². The molecular weight excluding hydrogens is 384 g/mol. The van der Waals surface area contributed by atoms with E-state index in [0.29, 0.717) is 31.1 Å². The smallest absolute Gasteiger partial charge is 0.337 e. The van der Waals surface area contributed by atoms with Crippen LogP contribution in [-0.4, -0.2) is 41.9 Å². The molecule has 0 unspecified atom stereocenters. The van der Waals surface area contributed by atoms with Crippen LogP contribution in [0.2, 0.25) is 0 Å². The highest BCUT2D eigenvalue weighted by Crippen LogP contribution is 2.36. The van der Waals surface area contributed by atoms with Gasteiger partial charge in [-0.15, -0.1) is 0 Å². The van der Waals surface area contributed by atoms with Gasteiger partial charge in [0.1, 0.15) is 18.5 Å². The summed E-state index contributed by atoms with van der Waals surface area (Å²) in [5, 5.41) is 0. The predicted octanol–water partition coefficient (Wildman–Crippen LogP) is 3.33. The first-order valence-corrected chi connectivity index (χ1v) is 9.74. The third-order valence-corrected chi connectivity index (χ3v) is 5.01. The highest BCUT2D eigenvalue weighted by molar-refractivity contribution is 5.89. The molecule has 0 spiro atoms. The van der Waals surface area contributed by atoms with E-state index < -0.39 is 5.79 Å². The Labute approximate surface area is 175 Å². The van der Waals surface area contributed by atoms with Crippen molar-refractivity contribution in [2.75, 3.05) is 20.3 Å². The molecule has 0 N–H and O–H groups in total. The number of hydrogen-bond donors (Lipinski definition) is 0. The van der Waals surface area contributed by atoms with Crippen molar-refractivity contribution in [2.45, 2.75) is 25.4 Å². The van der Waals surface area contributed by atoms with Gasteiger partial charge in [0.25, 0.3) is 0 Å². The zero-order valence-corrected chi connectivity index (χ0v) is 17.0. The zero-order valence-electron chi connectivity index (χ0n) is 17.0. The molecule has 1 saturated heterocycles.